The molecule has 0 aliphatic rings. The first-order valence-corrected chi connectivity index (χ1v) is 6.27. The number of benzene rings is 1. The minimum Gasteiger partial charge on any atom is -0.387 e. The minimum absolute atomic E-state index is 0.375. The number of thiophene rings is 1. The number of rotatable bonds is 3. The second-order valence-corrected chi connectivity index (χ2v) is 5.38. The molecule has 0 radical (unpaired) electrons. The van der Waals surface area contributed by atoms with Gasteiger partial charge in [0.1, 0.15) is 0 Å². The molecule has 1 nitrogen and oxygen atoms in total. The first kappa shape index (κ1) is 11.4. The standard InChI is InChI=1S/C14H16OS/c1-10-8-14(16-11(10)2)13(15)9-12-6-4-3-5-7-12/h3-8,13,15H,9H2,1-2H3. The van der Waals surface area contributed by atoms with Gasteiger partial charge in [0, 0.05) is 16.2 Å². The Morgan fingerprint density at radius 1 is 1.19 bits per heavy atom. The fourth-order valence-electron chi connectivity index (χ4n) is 1.70. The molecule has 1 N–H and O–H groups in total. The fraction of sp³-hybridized carbons (Fsp3) is 0.286. The summed E-state index contributed by atoms with van der Waals surface area (Å²) >= 11 is 1.69. The van der Waals surface area contributed by atoms with E-state index in [1.807, 2.05) is 18.2 Å². The lowest BCUT2D eigenvalue weighted by Gasteiger charge is -2.08. The third-order valence-corrected chi connectivity index (χ3v) is 4.04. The summed E-state index contributed by atoms with van der Waals surface area (Å²) in [6.07, 6.45) is 0.319. The number of hydrogen-bond donors (Lipinski definition) is 1. The highest BCUT2D eigenvalue weighted by molar-refractivity contribution is 7.12. The average Bonchev–Trinajstić information content (AvgIpc) is 2.61. The highest BCUT2D eigenvalue weighted by Gasteiger charge is 2.12. The normalized spacial score (nSPS) is 12.7. The van der Waals surface area contributed by atoms with Gasteiger partial charge < -0.3 is 5.11 Å². The van der Waals surface area contributed by atoms with Gasteiger partial charge in [-0.1, -0.05) is 30.3 Å². The molecule has 1 aromatic heterocycles. The third-order valence-electron chi connectivity index (χ3n) is 2.79. The summed E-state index contributed by atoms with van der Waals surface area (Å²) in [5.41, 5.74) is 2.45. The van der Waals surface area contributed by atoms with Gasteiger partial charge in [0.2, 0.25) is 0 Å². The molecular weight excluding hydrogens is 216 g/mol. The Labute approximate surface area is 100 Å². The monoisotopic (exact) mass is 232 g/mol. The Morgan fingerprint density at radius 2 is 1.88 bits per heavy atom. The predicted molar refractivity (Wildman–Crippen MR) is 68.9 cm³/mol. The van der Waals surface area contributed by atoms with Crippen LogP contribution in [0.5, 0.6) is 0 Å². The van der Waals surface area contributed by atoms with Crippen LogP contribution >= 0.6 is 11.3 Å². The lowest BCUT2D eigenvalue weighted by molar-refractivity contribution is 0.182. The van der Waals surface area contributed by atoms with Crippen LogP contribution in [0.3, 0.4) is 0 Å². The van der Waals surface area contributed by atoms with Crippen LogP contribution in [0.15, 0.2) is 36.4 Å². The molecule has 1 aromatic carbocycles. The van der Waals surface area contributed by atoms with Crippen LogP contribution in [0, 0.1) is 13.8 Å². The molecule has 0 aliphatic carbocycles. The molecule has 84 valence electrons. The lowest BCUT2D eigenvalue weighted by Crippen LogP contribution is -1.99. The molecule has 16 heavy (non-hydrogen) atoms. The van der Waals surface area contributed by atoms with Crippen molar-refractivity contribution in [1.29, 1.82) is 0 Å². The summed E-state index contributed by atoms with van der Waals surface area (Å²) in [6.45, 7) is 4.18. The fourth-order valence-corrected chi connectivity index (χ4v) is 2.73. The van der Waals surface area contributed by atoms with E-state index >= 15 is 0 Å². The number of aliphatic hydroxyl groups is 1. The summed E-state index contributed by atoms with van der Waals surface area (Å²) in [7, 11) is 0. The zero-order chi connectivity index (χ0) is 11.5. The Hall–Kier alpha value is -1.12. The Bertz CT molecular complexity index is 439. The van der Waals surface area contributed by atoms with E-state index in [9.17, 15) is 5.11 Å². The van der Waals surface area contributed by atoms with Gasteiger partial charge >= 0.3 is 0 Å². The van der Waals surface area contributed by atoms with Crippen molar-refractivity contribution in [2.45, 2.75) is 26.4 Å². The van der Waals surface area contributed by atoms with E-state index in [0.29, 0.717) is 6.42 Å². The van der Waals surface area contributed by atoms with Gasteiger partial charge in [0.05, 0.1) is 6.10 Å². The zero-order valence-electron chi connectivity index (χ0n) is 9.60. The highest BCUT2D eigenvalue weighted by Crippen LogP contribution is 2.28. The number of hydrogen-bond acceptors (Lipinski definition) is 2. The topological polar surface area (TPSA) is 20.2 Å². The van der Waals surface area contributed by atoms with Crippen molar-refractivity contribution in [3.63, 3.8) is 0 Å². The highest BCUT2D eigenvalue weighted by atomic mass is 32.1. The maximum Gasteiger partial charge on any atom is 0.0922 e. The molecular formula is C14H16OS. The smallest absolute Gasteiger partial charge is 0.0922 e. The molecule has 2 aromatic rings. The second-order valence-electron chi connectivity index (χ2n) is 4.09. The molecule has 0 aliphatic heterocycles. The SMILES string of the molecule is Cc1cc(C(O)Cc2ccccc2)sc1C. The van der Waals surface area contributed by atoms with Gasteiger partial charge in [-0.2, -0.15) is 0 Å². The van der Waals surface area contributed by atoms with Crippen molar-refractivity contribution in [2.24, 2.45) is 0 Å². The molecule has 1 atom stereocenters. The van der Waals surface area contributed by atoms with E-state index in [4.69, 9.17) is 0 Å². The Morgan fingerprint density at radius 3 is 2.44 bits per heavy atom. The first-order chi connectivity index (χ1) is 7.66. The van der Waals surface area contributed by atoms with Gasteiger partial charge in [-0.05, 0) is 31.0 Å². The summed E-state index contributed by atoms with van der Waals surface area (Å²) in [6, 6.07) is 12.2. The van der Waals surface area contributed by atoms with Crippen molar-refractivity contribution in [3.8, 4) is 0 Å². The molecule has 2 rings (SSSR count). The second kappa shape index (κ2) is 4.81. The van der Waals surface area contributed by atoms with E-state index in [-0.39, 0.29) is 6.10 Å². The molecule has 0 saturated carbocycles. The summed E-state index contributed by atoms with van der Waals surface area (Å²) in [4.78, 5) is 2.36. The zero-order valence-corrected chi connectivity index (χ0v) is 10.4. The van der Waals surface area contributed by atoms with Gasteiger partial charge in [-0.25, -0.2) is 0 Å². The summed E-state index contributed by atoms with van der Waals surface area (Å²) in [5, 5.41) is 10.1. The quantitative estimate of drug-likeness (QED) is 0.856. The Kier molecular flexibility index (Phi) is 3.42. The van der Waals surface area contributed by atoms with E-state index in [2.05, 4.69) is 32.0 Å². The lowest BCUT2D eigenvalue weighted by atomic mass is 10.1. The van der Waals surface area contributed by atoms with E-state index < -0.39 is 0 Å². The van der Waals surface area contributed by atoms with Crippen molar-refractivity contribution in [3.05, 3.63) is 57.3 Å². The summed E-state index contributed by atoms with van der Waals surface area (Å²) in [5.74, 6) is 0. The van der Waals surface area contributed by atoms with Crippen LogP contribution in [0.25, 0.3) is 0 Å². The molecule has 2 heteroatoms. The maximum atomic E-state index is 10.1. The average molecular weight is 232 g/mol. The van der Waals surface area contributed by atoms with Crippen LogP contribution in [0.4, 0.5) is 0 Å². The van der Waals surface area contributed by atoms with Crippen molar-refractivity contribution in [2.75, 3.05) is 0 Å². The van der Waals surface area contributed by atoms with Crippen LogP contribution in [0.1, 0.15) is 27.0 Å². The minimum atomic E-state index is -0.375. The van der Waals surface area contributed by atoms with E-state index in [0.717, 1.165) is 4.88 Å². The number of aliphatic hydroxyl groups excluding tert-OH is 1. The van der Waals surface area contributed by atoms with Crippen molar-refractivity contribution < 1.29 is 5.11 Å². The molecule has 0 amide bonds. The predicted octanol–water partition coefficient (Wildman–Crippen LogP) is 3.64. The summed E-state index contributed by atoms with van der Waals surface area (Å²) < 4.78 is 0. The van der Waals surface area contributed by atoms with Gasteiger partial charge in [0.15, 0.2) is 0 Å². The van der Waals surface area contributed by atoms with Crippen LogP contribution in [-0.4, -0.2) is 5.11 Å². The molecule has 0 bridgehead atoms. The maximum absolute atomic E-state index is 10.1. The van der Waals surface area contributed by atoms with E-state index in [1.54, 1.807) is 11.3 Å². The van der Waals surface area contributed by atoms with Gasteiger partial charge in [-0.3, -0.25) is 0 Å². The largest absolute Gasteiger partial charge is 0.387 e. The Balaban J connectivity index is 2.11. The molecule has 0 spiro atoms. The van der Waals surface area contributed by atoms with Crippen LogP contribution in [0.2, 0.25) is 0 Å². The van der Waals surface area contributed by atoms with Gasteiger partial charge in [-0.15, -0.1) is 11.3 Å². The first-order valence-electron chi connectivity index (χ1n) is 5.45. The van der Waals surface area contributed by atoms with E-state index in [1.165, 1.54) is 16.0 Å². The molecule has 0 fully saturated rings. The molecule has 1 unspecified atom stereocenters. The van der Waals surface area contributed by atoms with Crippen LogP contribution < -0.4 is 0 Å². The molecule has 0 saturated heterocycles. The third kappa shape index (κ3) is 2.52. The van der Waals surface area contributed by atoms with Crippen molar-refractivity contribution >= 4 is 11.3 Å². The molecule has 1 heterocycles. The van der Waals surface area contributed by atoms with Crippen molar-refractivity contribution in [1.82, 2.24) is 0 Å². The number of aryl methyl sites for hydroxylation is 2. The van der Waals surface area contributed by atoms with Crippen LogP contribution in [-0.2, 0) is 6.42 Å². The van der Waals surface area contributed by atoms with Gasteiger partial charge in [0.25, 0.3) is 0 Å².